The molecule has 2 rings (SSSR count). The Morgan fingerprint density at radius 2 is 2.14 bits per heavy atom. The summed E-state index contributed by atoms with van der Waals surface area (Å²) in [5.74, 6) is 0.850. The van der Waals surface area contributed by atoms with E-state index < -0.39 is 0 Å². The fourth-order valence-corrected chi connectivity index (χ4v) is 2.54. The van der Waals surface area contributed by atoms with Gasteiger partial charge in [-0.15, -0.1) is 0 Å². The molecule has 0 bridgehead atoms. The van der Waals surface area contributed by atoms with Gasteiger partial charge in [-0.05, 0) is 57.1 Å². The molecule has 1 aliphatic rings. The Kier molecular flexibility index (Phi) is 5.87. The highest BCUT2D eigenvalue weighted by Crippen LogP contribution is 2.12. The van der Waals surface area contributed by atoms with Crippen LogP contribution in [0.2, 0.25) is 0 Å². The Balaban J connectivity index is 1.67. The Bertz CT molecular complexity index is 457. The lowest BCUT2D eigenvalue weighted by molar-refractivity contribution is 0.214. The molecule has 5 nitrogen and oxygen atoms in total. The molecule has 5 heteroatoms. The number of hydrogen-bond acceptors (Lipinski definition) is 3. The third-order valence-corrected chi connectivity index (χ3v) is 3.89. The summed E-state index contributed by atoms with van der Waals surface area (Å²) in [6.45, 7) is 2.73. The maximum Gasteiger partial charge on any atom is 0.315 e. The van der Waals surface area contributed by atoms with Gasteiger partial charge in [0, 0.05) is 12.6 Å². The van der Waals surface area contributed by atoms with Gasteiger partial charge in [-0.1, -0.05) is 12.1 Å². The van der Waals surface area contributed by atoms with Crippen molar-refractivity contribution in [3.63, 3.8) is 0 Å². The van der Waals surface area contributed by atoms with Crippen molar-refractivity contribution in [2.24, 2.45) is 0 Å². The van der Waals surface area contributed by atoms with E-state index >= 15 is 0 Å². The van der Waals surface area contributed by atoms with Gasteiger partial charge < -0.3 is 20.3 Å². The minimum absolute atomic E-state index is 0.0625. The Morgan fingerprint density at radius 3 is 2.86 bits per heavy atom. The van der Waals surface area contributed by atoms with Crippen LogP contribution in [0.3, 0.4) is 0 Å². The van der Waals surface area contributed by atoms with Crippen molar-refractivity contribution < 1.29 is 9.53 Å². The zero-order valence-corrected chi connectivity index (χ0v) is 12.9. The first-order valence-electron chi connectivity index (χ1n) is 7.53. The molecule has 1 aromatic rings. The highest BCUT2D eigenvalue weighted by Gasteiger charge is 2.17. The largest absolute Gasteiger partial charge is 0.497 e. The number of amides is 2. The van der Waals surface area contributed by atoms with Gasteiger partial charge in [0.1, 0.15) is 5.75 Å². The summed E-state index contributed by atoms with van der Waals surface area (Å²) in [5.41, 5.74) is 1.16. The normalized spacial score (nSPS) is 16.5. The first kappa shape index (κ1) is 15.6. The van der Waals surface area contributed by atoms with Gasteiger partial charge in [-0.3, -0.25) is 0 Å². The molecule has 21 heavy (non-hydrogen) atoms. The van der Waals surface area contributed by atoms with E-state index in [0.717, 1.165) is 43.7 Å². The van der Waals surface area contributed by atoms with Crippen molar-refractivity contribution in [1.82, 2.24) is 15.5 Å². The number of nitrogens with zero attached hydrogens (tertiary/aromatic N) is 1. The summed E-state index contributed by atoms with van der Waals surface area (Å²) in [4.78, 5) is 14.1. The van der Waals surface area contributed by atoms with Crippen LogP contribution < -0.4 is 15.4 Å². The number of piperidine rings is 1. The molecule has 116 valence electrons. The lowest BCUT2D eigenvalue weighted by Crippen LogP contribution is -2.47. The van der Waals surface area contributed by atoms with E-state index in [9.17, 15) is 4.79 Å². The first-order chi connectivity index (χ1) is 10.2. The third kappa shape index (κ3) is 5.27. The average Bonchev–Trinajstić information content (AvgIpc) is 2.50. The lowest BCUT2D eigenvalue weighted by atomic mass is 10.1. The number of hydrogen-bond donors (Lipinski definition) is 2. The lowest BCUT2D eigenvalue weighted by Gasteiger charge is -2.29. The molecule has 0 radical (unpaired) electrons. The van der Waals surface area contributed by atoms with Crippen LogP contribution in [-0.2, 0) is 6.42 Å². The van der Waals surface area contributed by atoms with Crippen LogP contribution >= 0.6 is 0 Å². The minimum atomic E-state index is -0.0625. The summed E-state index contributed by atoms with van der Waals surface area (Å²) in [6, 6.07) is 8.16. The molecule has 1 aliphatic heterocycles. The molecule has 0 spiro atoms. The van der Waals surface area contributed by atoms with Crippen LogP contribution in [0.25, 0.3) is 0 Å². The molecule has 1 saturated heterocycles. The second kappa shape index (κ2) is 7.88. The molecule has 1 fully saturated rings. The van der Waals surface area contributed by atoms with Gasteiger partial charge in [0.05, 0.1) is 7.11 Å². The van der Waals surface area contributed by atoms with Crippen molar-refractivity contribution in [2.45, 2.75) is 25.3 Å². The monoisotopic (exact) mass is 291 g/mol. The Labute approximate surface area is 126 Å². The van der Waals surface area contributed by atoms with Crippen LogP contribution in [-0.4, -0.2) is 50.8 Å². The van der Waals surface area contributed by atoms with Gasteiger partial charge in [0.25, 0.3) is 0 Å². The number of methoxy groups -OCH3 is 1. The van der Waals surface area contributed by atoms with Crippen LogP contribution in [0.15, 0.2) is 24.3 Å². The maximum absolute atomic E-state index is 11.8. The molecule has 0 atom stereocenters. The van der Waals surface area contributed by atoms with E-state index in [0.29, 0.717) is 12.6 Å². The summed E-state index contributed by atoms with van der Waals surface area (Å²) in [6.07, 6.45) is 2.86. The fourth-order valence-electron chi connectivity index (χ4n) is 2.54. The van der Waals surface area contributed by atoms with Crippen molar-refractivity contribution >= 4 is 6.03 Å². The fraction of sp³-hybridized carbons (Fsp3) is 0.562. The smallest absolute Gasteiger partial charge is 0.315 e. The summed E-state index contributed by atoms with van der Waals surface area (Å²) in [7, 11) is 3.77. The van der Waals surface area contributed by atoms with E-state index in [-0.39, 0.29) is 6.03 Å². The number of ether oxygens (including phenoxy) is 1. The van der Waals surface area contributed by atoms with Crippen LogP contribution in [0.5, 0.6) is 5.75 Å². The van der Waals surface area contributed by atoms with Crippen LogP contribution in [0.1, 0.15) is 18.4 Å². The van der Waals surface area contributed by atoms with E-state index in [1.807, 2.05) is 24.3 Å². The van der Waals surface area contributed by atoms with E-state index in [2.05, 4.69) is 22.6 Å². The molecular weight excluding hydrogens is 266 g/mol. The van der Waals surface area contributed by atoms with Crippen molar-refractivity contribution in [1.29, 1.82) is 0 Å². The Morgan fingerprint density at radius 1 is 1.38 bits per heavy atom. The number of benzene rings is 1. The molecule has 0 unspecified atom stereocenters. The number of carbonyl (C=O) groups excluding carboxylic acids is 1. The molecule has 1 aromatic carbocycles. The highest BCUT2D eigenvalue weighted by molar-refractivity contribution is 5.74. The average molecular weight is 291 g/mol. The zero-order chi connectivity index (χ0) is 15.1. The van der Waals surface area contributed by atoms with Gasteiger partial charge in [-0.25, -0.2) is 4.79 Å². The summed E-state index contributed by atoms with van der Waals surface area (Å²) < 4.78 is 5.19. The number of likely N-dealkylation sites (tertiary alicyclic amines) is 1. The Hall–Kier alpha value is -1.75. The second-order valence-electron chi connectivity index (χ2n) is 5.58. The SMILES string of the molecule is COc1cccc(CCNC(=O)NC2CCN(C)CC2)c1. The highest BCUT2D eigenvalue weighted by atomic mass is 16.5. The summed E-state index contributed by atoms with van der Waals surface area (Å²) >= 11 is 0. The van der Waals surface area contributed by atoms with E-state index in [1.54, 1.807) is 7.11 Å². The predicted octanol–water partition coefficient (Wildman–Crippen LogP) is 1.63. The van der Waals surface area contributed by atoms with Crippen molar-refractivity contribution in [3.05, 3.63) is 29.8 Å². The van der Waals surface area contributed by atoms with Gasteiger partial charge in [0.15, 0.2) is 0 Å². The molecule has 0 saturated carbocycles. The van der Waals surface area contributed by atoms with Crippen LogP contribution in [0, 0.1) is 0 Å². The number of carbonyl (C=O) groups is 1. The quantitative estimate of drug-likeness (QED) is 0.867. The van der Waals surface area contributed by atoms with E-state index in [1.165, 1.54) is 0 Å². The second-order valence-corrected chi connectivity index (χ2v) is 5.58. The van der Waals surface area contributed by atoms with Gasteiger partial charge >= 0.3 is 6.03 Å². The maximum atomic E-state index is 11.8. The number of urea groups is 1. The minimum Gasteiger partial charge on any atom is -0.497 e. The first-order valence-corrected chi connectivity index (χ1v) is 7.53. The zero-order valence-electron chi connectivity index (χ0n) is 12.9. The molecule has 0 aliphatic carbocycles. The van der Waals surface area contributed by atoms with Gasteiger partial charge in [0.2, 0.25) is 0 Å². The van der Waals surface area contributed by atoms with E-state index in [4.69, 9.17) is 4.74 Å². The molecular formula is C16H25N3O2. The molecule has 2 amide bonds. The molecule has 1 heterocycles. The standard InChI is InChI=1S/C16H25N3O2/c1-19-10-7-14(8-11-19)18-16(20)17-9-6-13-4-3-5-15(12-13)21-2/h3-5,12,14H,6-11H2,1-2H3,(H2,17,18,20). The van der Waals surface area contributed by atoms with Crippen LogP contribution in [0.4, 0.5) is 4.79 Å². The number of rotatable bonds is 5. The summed E-state index contributed by atoms with van der Waals surface area (Å²) in [5, 5.41) is 5.97. The van der Waals surface area contributed by atoms with Gasteiger partial charge in [-0.2, -0.15) is 0 Å². The number of nitrogens with one attached hydrogen (secondary N) is 2. The molecule has 0 aromatic heterocycles. The van der Waals surface area contributed by atoms with Crippen molar-refractivity contribution in [2.75, 3.05) is 33.8 Å². The predicted molar refractivity (Wildman–Crippen MR) is 83.8 cm³/mol. The topological polar surface area (TPSA) is 53.6 Å². The van der Waals surface area contributed by atoms with Crippen molar-refractivity contribution in [3.8, 4) is 5.75 Å². The molecule has 2 N–H and O–H groups in total. The third-order valence-electron chi connectivity index (χ3n) is 3.89.